The molecule has 76 valence electrons. The molecule has 3 nitrogen and oxygen atoms in total. The smallest absolute Gasteiger partial charge is 0.246 e. The second kappa shape index (κ2) is 2.89. The van der Waals surface area contributed by atoms with Gasteiger partial charge < -0.3 is 14.6 Å². The molecule has 1 aliphatic heterocycles. The predicted molar refractivity (Wildman–Crippen MR) is 52.4 cm³/mol. The van der Waals surface area contributed by atoms with Gasteiger partial charge in [0.1, 0.15) is 0 Å². The minimum atomic E-state index is -0.598. The molecule has 0 aromatic heterocycles. The van der Waals surface area contributed by atoms with E-state index < -0.39 is 11.9 Å². The second-order valence-corrected chi connectivity index (χ2v) is 3.99. The summed E-state index contributed by atoms with van der Waals surface area (Å²) < 4.78 is 11.1. The molecule has 0 radical (unpaired) electrons. The molecule has 1 N–H and O–H groups in total. The van der Waals surface area contributed by atoms with Crippen molar-refractivity contribution < 1.29 is 14.6 Å². The quantitative estimate of drug-likeness (QED) is 0.745. The highest BCUT2D eigenvalue weighted by Crippen LogP contribution is 2.40. The third kappa shape index (κ3) is 1.55. The lowest BCUT2D eigenvalue weighted by Crippen LogP contribution is -2.29. The van der Waals surface area contributed by atoms with Gasteiger partial charge >= 0.3 is 0 Å². The molecule has 1 heterocycles. The van der Waals surface area contributed by atoms with E-state index in [9.17, 15) is 5.11 Å². The van der Waals surface area contributed by atoms with E-state index in [2.05, 4.69) is 0 Å². The maximum atomic E-state index is 9.39. The van der Waals surface area contributed by atoms with E-state index in [0.717, 1.165) is 11.3 Å². The first-order valence-electron chi connectivity index (χ1n) is 4.68. The van der Waals surface area contributed by atoms with Crippen LogP contribution in [0.2, 0.25) is 0 Å². The standard InChI is InChI=1S/C11H14O3/c1-7(12)8-4-5-9-10(6-8)14-11(2,3)13-9/h4-7,12H,1-3H3. The van der Waals surface area contributed by atoms with Crippen LogP contribution in [0.15, 0.2) is 18.2 Å². The molecule has 0 amide bonds. The number of hydrogen-bond acceptors (Lipinski definition) is 3. The van der Waals surface area contributed by atoms with Gasteiger partial charge in [-0.05, 0) is 24.6 Å². The van der Waals surface area contributed by atoms with Crippen LogP contribution >= 0.6 is 0 Å². The van der Waals surface area contributed by atoms with Gasteiger partial charge in [0.2, 0.25) is 5.79 Å². The summed E-state index contributed by atoms with van der Waals surface area (Å²) in [4.78, 5) is 0. The molecule has 1 atom stereocenters. The van der Waals surface area contributed by atoms with Crippen LogP contribution in [0.5, 0.6) is 11.5 Å². The van der Waals surface area contributed by atoms with Crippen LogP contribution < -0.4 is 9.47 Å². The van der Waals surface area contributed by atoms with E-state index >= 15 is 0 Å². The van der Waals surface area contributed by atoms with Gasteiger partial charge in [-0.1, -0.05) is 6.07 Å². The fraction of sp³-hybridized carbons (Fsp3) is 0.455. The molecule has 0 bridgehead atoms. The molecule has 0 fully saturated rings. The van der Waals surface area contributed by atoms with Crippen molar-refractivity contribution in [2.75, 3.05) is 0 Å². The van der Waals surface area contributed by atoms with E-state index in [0.29, 0.717) is 5.75 Å². The normalized spacial score (nSPS) is 19.4. The summed E-state index contributed by atoms with van der Waals surface area (Å²) in [5, 5.41) is 9.39. The summed E-state index contributed by atoms with van der Waals surface area (Å²) in [6.45, 7) is 5.44. The third-order valence-corrected chi connectivity index (χ3v) is 2.16. The molecule has 2 rings (SSSR count). The van der Waals surface area contributed by atoms with Crippen molar-refractivity contribution in [1.82, 2.24) is 0 Å². The largest absolute Gasteiger partial charge is 0.449 e. The van der Waals surface area contributed by atoms with E-state index in [4.69, 9.17) is 9.47 Å². The number of aliphatic hydroxyl groups is 1. The van der Waals surface area contributed by atoms with Crippen molar-refractivity contribution in [3.63, 3.8) is 0 Å². The highest BCUT2D eigenvalue weighted by Gasteiger charge is 2.31. The molecule has 1 unspecified atom stereocenters. The Hall–Kier alpha value is -1.22. The molecule has 0 saturated heterocycles. The Labute approximate surface area is 83.3 Å². The Morgan fingerprint density at radius 2 is 1.86 bits per heavy atom. The van der Waals surface area contributed by atoms with E-state index in [1.54, 1.807) is 6.92 Å². The lowest BCUT2D eigenvalue weighted by molar-refractivity contribution is -0.0432. The van der Waals surface area contributed by atoms with Crippen LogP contribution in [0.4, 0.5) is 0 Å². The Bertz CT molecular complexity index is 356. The van der Waals surface area contributed by atoms with Crippen molar-refractivity contribution in [2.24, 2.45) is 0 Å². The van der Waals surface area contributed by atoms with Gasteiger partial charge in [0.05, 0.1) is 6.10 Å². The summed E-state index contributed by atoms with van der Waals surface area (Å²) >= 11 is 0. The second-order valence-electron chi connectivity index (χ2n) is 3.99. The minimum absolute atomic E-state index is 0.479. The summed E-state index contributed by atoms with van der Waals surface area (Å²) in [6, 6.07) is 5.48. The first-order chi connectivity index (χ1) is 6.48. The first kappa shape index (κ1) is 9.34. The van der Waals surface area contributed by atoms with Gasteiger partial charge in [-0.3, -0.25) is 0 Å². The highest BCUT2D eigenvalue weighted by atomic mass is 16.7. The number of rotatable bonds is 1. The van der Waals surface area contributed by atoms with Gasteiger partial charge in [-0.15, -0.1) is 0 Å². The molecule has 1 aromatic carbocycles. The summed E-state index contributed by atoms with van der Waals surface area (Å²) in [5.74, 6) is 0.840. The lowest BCUT2D eigenvalue weighted by atomic mass is 10.1. The molecule has 3 heteroatoms. The zero-order chi connectivity index (χ0) is 10.3. The van der Waals surface area contributed by atoms with Crippen LogP contribution in [0.1, 0.15) is 32.4 Å². The number of ether oxygens (including phenoxy) is 2. The van der Waals surface area contributed by atoms with E-state index in [1.165, 1.54) is 0 Å². The van der Waals surface area contributed by atoms with Crippen molar-refractivity contribution in [2.45, 2.75) is 32.7 Å². The van der Waals surface area contributed by atoms with Crippen LogP contribution in [-0.4, -0.2) is 10.9 Å². The van der Waals surface area contributed by atoms with Crippen LogP contribution in [0, 0.1) is 0 Å². The molecule has 0 spiro atoms. The fourth-order valence-corrected chi connectivity index (χ4v) is 1.50. The third-order valence-electron chi connectivity index (χ3n) is 2.16. The van der Waals surface area contributed by atoms with Crippen molar-refractivity contribution in [1.29, 1.82) is 0 Å². The van der Waals surface area contributed by atoms with E-state index in [1.807, 2.05) is 32.0 Å². The average Bonchev–Trinajstić information content (AvgIpc) is 2.36. The van der Waals surface area contributed by atoms with Gasteiger partial charge in [0, 0.05) is 13.8 Å². The molecule has 1 aromatic rings. The molecule has 14 heavy (non-hydrogen) atoms. The molecular weight excluding hydrogens is 180 g/mol. The number of hydrogen-bond donors (Lipinski definition) is 1. The molecule has 0 aliphatic carbocycles. The Morgan fingerprint density at radius 1 is 1.21 bits per heavy atom. The van der Waals surface area contributed by atoms with Crippen LogP contribution in [-0.2, 0) is 0 Å². The zero-order valence-electron chi connectivity index (χ0n) is 8.57. The van der Waals surface area contributed by atoms with Crippen molar-refractivity contribution >= 4 is 0 Å². The number of benzene rings is 1. The lowest BCUT2D eigenvalue weighted by Gasteiger charge is -2.16. The van der Waals surface area contributed by atoms with Crippen molar-refractivity contribution in [3.8, 4) is 11.5 Å². The van der Waals surface area contributed by atoms with Gasteiger partial charge in [0.15, 0.2) is 11.5 Å². The summed E-state index contributed by atoms with van der Waals surface area (Å²) in [7, 11) is 0. The zero-order valence-corrected chi connectivity index (χ0v) is 8.57. The number of aliphatic hydroxyl groups excluding tert-OH is 1. The molecular formula is C11H14O3. The fourth-order valence-electron chi connectivity index (χ4n) is 1.50. The Balaban J connectivity index is 2.36. The maximum absolute atomic E-state index is 9.39. The van der Waals surface area contributed by atoms with Crippen LogP contribution in [0.3, 0.4) is 0 Å². The SMILES string of the molecule is CC(O)c1ccc2c(c1)OC(C)(C)O2. The molecule has 0 saturated carbocycles. The van der Waals surface area contributed by atoms with E-state index in [-0.39, 0.29) is 0 Å². The predicted octanol–water partition coefficient (Wildman–Crippen LogP) is 2.25. The van der Waals surface area contributed by atoms with Crippen LogP contribution in [0.25, 0.3) is 0 Å². The first-order valence-corrected chi connectivity index (χ1v) is 4.68. The summed E-state index contributed by atoms with van der Waals surface area (Å²) in [5.41, 5.74) is 0.838. The monoisotopic (exact) mass is 194 g/mol. The van der Waals surface area contributed by atoms with Crippen molar-refractivity contribution in [3.05, 3.63) is 23.8 Å². The number of fused-ring (bicyclic) bond motifs is 1. The van der Waals surface area contributed by atoms with Gasteiger partial charge in [-0.2, -0.15) is 0 Å². The average molecular weight is 194 g/mol. The maximum Gasteiger partial charge on any atom is 0.246 e. The minimum Gasteiger partial charge on any atom is -0.449 e. The summed E-state index contributed by atoms with van der Waals surface area (Å²) in [6.07, 6.45) is -0.479. The topological polar surface area (TPSA) is 38.7 Å². The Morgan fingerprint density at radius 3 is 2.50 bits per heavy atom. The van der Waals surface area contributed by atoms with Gasteiger partial charge in [0.25, 0.3) is 0 Å². The Kier molecular flexibility index (Phi) is 1.93. The van der Waals surface area contributed by atoms with Gasteiger partial charge in [-0.25, -0.2) is 0 Å². The molecule has 1 aliphatic rings. The highest BCUT2D eigenvalue weighted by molar-refractivity contribution is 5.46.